The van der Waals surface area contributed by atoms with Gasteiger partial charge in [-0.2, -0.15) is 0 Å². The van der Waals surface area contributed by atoms with Gasteiger partial charge >= 0.3 is 6.09 Å². The van der Waals surface area contributed by atoms with Gasteiger partial charge in [-0.05, 0) is 31.2 Å². The van der Waals surface area contributed by atoms with Crippen LogP contribution in [-0.2, 0) is 11.3 Å². The summed E-state index contributed by atoms with van der Waals surface area (Å²) in [6.07, 6.45) is -0.582. The van der Waals surface area contributed by atoms with E-state index in [1.165, 1.54) is 11.0 Å². The summed E-state index contributed by atoms with van der Waals surface area (Å²) in [6, 6.07) is 12.8. The minimum absolute atomic E-state index is 0.154. The van der Waals surface area contributed by atoms with E-state index in [1.54, 1.807) is 56.4 Å². The van der Waals surface area contributed by atoms with Crippen molar-refractivity contribution < 1.29 is 18.7 Å². The Bertz CT molecular complexity index is 734. The number of carbonyl (C=O) groups is 2. The Balaban J connectivity index is 2.08. The van der Waals surface area contributed by atoms with E-state index < -0.39 is 6.09 Å². The minimum Gasteiger partial charge on any atom is -0.450 e. The molecule has 2 amide bonds. The molecule has 0 unspecified atom stereocenters. The molecule has 2 aromatic rings. The van der Waals surface area contributed by atoms with E-state index in [0.29, 0.717) is 16.8 Å². The molecule has 0 saturated carbocycles. The fourth-order valence-corrected chi connectivity index (χ4v) is 2.19. The number of amides is 2. The van der Waals surface area contributed by atoms with Crippen LogP contribution in [-0.4, -0.2) is 30.6 Å². The summed E-state index contributed by atoms with van der Waals surface area (Å²) in [4.78, 5) is 25.3. The third-order valence-corrected chi connectivity index (χ3v) is 3.34. The third kappa shape index (κ3) is 4.55. The number of anilines is 1. The Morgan fingerprint density at radius 1 is 1.17 bits per heavy atom. The summed E-state index contributed by atoms with van der Waals surface area (Å²) in [5.74, 6) is -0.624. The first-order valence-electron chi connectivity index (χ1n) is 7.54. The number of rotatable bonds is 5. The molecular weight excluding hydrogens is 311 g/mol. The molecule has 0 aliphatic heterocycles. The molecule has 0 aromatic heterocycles. The van der Waals surface area contributed by atoms with Gasteiger partial charge in [-0.25, -0.2) is 9.18 Å². The molecule has 0 saturated heterocycles. The Hall–Kier alpha value is -2.89. The average Bonchev–Trinajstić information content (AvgIpc) is 2.56. The molecule has 0 spiro atoms. The molecule has 5 nitrogen and oxygen atoms in total. The Labute approximate surface area is 140 Å². The van der Waals surface area contributed by atoms with Gasteiger partial charge in [0.05, 0.1) is 6.61 Å². The van der Waals surface area contributed by atoms with Crippen molar-refractivity contribution in [2.24, 2.45) is 0 Å². The molecule has 0 aliphatic rings. The van der Waals surface area contributed by atoms with E-state index in [-0.39, 0.29) is 24.9 Å². The lowest BCUT2D eigenvalue weighted by Crippen LogP contribution is -2.26. The van der Waals surface area contributed by atoms with E-state index in [4.69, 9.17) is 4.74 Å². The third-order valence-electron chi connectivity index (χ3n) is 3.34. The molecule has 1 N–H and O–H groups in total. The molecule has 0 heterocycles. The highest BCUT2D eigenvalue weighted by Gasteiger charge is 2.14. The lowest BCUT2D eigenvalue weighted by Gasteiger charge is -2.18. The maximum atomic E-state index is 13.7. The quantitative estimate of drug-likeness (QED) is 0.910. The number of nitrogens with zero attached hydrogens (tertiary/aromatic N) is 1. The predicted molar refractivity (Wildman–Crippen MR) is 89.3 cm³/mol. The highest BCUT2D eigenvalue weighted by molar-refractivity contribution is 5.96. The lowest BCUT2D eigenvalue weighted by molar-refractivity contribution is 0.0784. The molecular formula is C18H19FN2O3. The van der Waals surface area contributed by atoms with Crippen molar-refractivity contribution in [3.63, 3.8) is 0 Å². The lowest BCUT2D eigenvalue weighted by atomic mass is 10.1. The Kier molecular flexibility index (Phi) is 5.89. The van der Waals surface area contributed by atoms with Gasteiger partial charge in [0.2, 0.25) is 0 Å². The van der Waals surface area contributed by atoms with Crippen molar-refractivity contribution in [1.82, 2.24) is 4.90 Å². The highest BCUT2D eigenvalue weighted by Crippen LogP contribution is 2.15. The molecule has 0 radical (unpaired) electrons. The summed E-state index contributed by atoms with van der Waals surface area (Å²) >= 11 is 0. The summed E-state index contributed by atoms with van der Waals surface area (Å²) in [6.45, 7) is 2.12. The van der Waals surface area contributed by atoms with Crippen LogP contribution in [0.1, 0.15) is 22.8 Å². The van der Waals surface area contributed by atoms with Crippen LogP contribution >= 0.6 is 0 Å². The normalized spacial score (nSPS) is 10.1. The smallest absolute Gasteiger partial charge is 0.411 e. The molecule has 2 rings (SSSR count). The van der Waals surface area contributed by atoms with Crippen LogP contribution in [0.25, 0.3) is 0 Å². The van der Waals surface area contributed by atoms with Crippen LogP contribution in [0.5, 0.6) is 0 Å². The van der Waals surface area contributed by atoms with Crippen molar-refractivity contribution in [2.75, 3.05) is 19.0 Å². The summed E-state index contributed by atoms with van der Waals surface area (Å²) in [5.41, 5.74) is 1.29. The number of hydrogen-bond donors (Lipinski definition) is 1. The molecule has 2 aromatic carbocycles. The molecule has 6 heteroatoms. The van der Waals surface area contributed by atoms with Gasteiger partial charge in [-0.1, -0.05) is 24.3 Å². The second-order valence-electron chi connectivity index (χ2n) is 5.18. The first-order valence-corrected chi connectivity index (χ1v) is 7.54. The average molecular weight is 330 g/mol. The molecule has 0 aliphatic carbocycles. The number of halogens is 1. The summed E-state index contributed by atoms with van der Waals surface area (Å²) in [7, 11) is 1.60. The monoisotopic (exact) mass is 330 g/mol. The van der Waals surface area contributed by atoms with Crippen molar-refractivity contribution in [2.45, 2.75) is 13.5 Å². The topological polar surface area (TPSA) is 58.6 Å². The van der Waals surface area contributed by atoms with Gasteiger partial charge in [0, 0.05) is 30.4 Å². The standard InChI is InChI=1S/C18H19FN2O3/c1-3-24-18(23)20-15-9-6-8-13(11-15)17(22)21(2)12-14-7-4-5-10-16(14)19/h4-11H,3,12H2,1-2H3,(H,20,23). The number of ether oxygens (including phenoxy) is 1. The van der Waals surface area contributed by atoms with Crippen LogP contribution in [0.4, 0.5) is 14.9 Å². The second kappa shape index (κ2) is 8.10. The first-order chi connectivity index (χ1) is 11.5. The maximum absolute atomic E-state index is 13.7. The van der Waals surface area contributed by atoms with E-state index >= 15 is 0 Å². The van der Waals surface area contributed by atoms with Crippen LogP contribution in [0.3, 0.4) is 0 Å². The van der Waals surface area contributed by atoms with Crippen LogP contribution in [0.2, 0.25) is 0 Å². The number of carbonyl (C=O) groups excluding carboxylic acids is 2. The van der Waals surface area contributed by atoms with Gasteiger partial charge in [-0.15, -0.1) is 0 Å². The van der Waals surface area contributed by atoms with Crippen molar-refractivity contribution in [1.29, 1.82) is 0 Å². The van der Waals surface area contributed by atoms with Crippen molar-refractivity contribution in [3.05, 3.63) is 65.5 Å². The summed E-state index contributed by atoms with van der Waals surface area (Å²) in [5, 5.41) is 2.54. The van der Waals surface area contributed by atoms with Crippen molar-refractivity contribution in [3.8, 4) is 0 Å². The van der Waals surface area contributed by atoms with Crippen molar-refractivity contribution >= 4 is 17.7 Å². The first kappa shape index (κ1) is 17.5. The van der Waals surface area contributed by atoms with E-state index in [9.17, 15) is 14.0 Å². The predicted octanol–water partition coefficient (Wildman–Crippen LogP) is 3.67. The number of hydrogen-bond acceptors (Lipinski definition) is 3. The SMILES string of the molecule is CCOC(=O)Nc1cccc(C(=O)N(C)Cc2ccccc2F)c1. The van der Waals surface area contributed by atoms with Gasteiger partial charge in [-0.3, -0.25) is 10.1 Å². The molecule has 24 heavy (non-hydrogen) atoms. The van der Waals surface area contributed by atoms with Crippen LogP contribution in [0.15, 0.2) is 48.5 Å². The van der Waals surface area contributed by atoms with Gasteiger partial charge < -0.3 is 9.64 Å². The Morgan fingerprint density at radius 3 is 2.62 bits per heavy atom. The molecule has 126 valence electrons. The summed E-state index contributed by atoms with van der Waals surface area (Å²) < 4.78 is 18.5. The zero-order valence-corrected chi connectivity index (χ0v) is 13.6. The zero-order valence-electron chi connectivity index (χ0n) is 13.6. The molecule has 0 atom stereocenters. The Morgan fingerprint density at radius 2 is 1.92 bits per heavy atom. The molecule has 0 bridgehead atoms. The maximum Gasteiger partial charge on any atom is 0.411 e. The van der Waals surface area contributed by atoms with Crippen LogP contribution < -0.4 is 5.32 Å². The number of benzene rings is 2. The minimum atomic E-state index is -0.582. The fraction of sp³-hybridized carbons (Fsp3) is 0.222. The van der Waals surface area contributed by atoms with E-state index in [2.05, 4.69) is 5.32 Å². The zero-order chi connectivity index (χ0) is 17.5. The van der Waals surface area contributed by atoms with E-state index in [0.717, 1.165) is 0 Å². The second-order valence-corrected chi connectivity index (χ2v) is 5.18. The molecule has 0 fully saturated rings. The largest absolute Gasteiger partial charge is 0.450 e. The van der Waals surface area contributed by atoms with Gasteiger partial charge in [0.1, 0.15) is 5.82 Å². The fourth-order valence-electron chi connectivity index (χ4n) is 2.19. The van der Waals surface area contributed by atoms with Gasteiger partial charge in [0.15, 0.2) is 0 Å². The highest BCUT2D eigenvalue weighted by atomic mass is 19.1. The van der Waals surface area contributed by atoms with Gasteiger partial charge in [0.25, 0.3) is 5.91 Å². The van der Waals surface area contributed by atoms with Crippen LogP contribution in [0, 0.1) is 5.82 Å². The van der Waals surface area contributed by atoms with E-state index in [1.807, 2.05) is 0 Å². The number of nitrogens with one attached hydrogen (secondary N) is 1.